The van der Waals surface area contributed by atoms with E-state index in [9.17, 15) is 0 Å². The quantitative estimate of drug-likeness (QED) is 0.806. The molecular formula is C16H34N2O. The van der Waals surface area contributed by atoms with Gasteiger partial charge in [-0.1, -0.05) is 27.7 Å². The summed E-state index contributed by atoms with van der Waals surface area (Å²) in [5.41, 5.74) is 6.35. The summed E-state index contributed by atoms with van der Waals surface area (Å²) in [4.78, 5) is 2.63. The lowest BCUT2D eigenvalue weighted by Crippen LogP contribution is -2.61. The van der Waals surface area contributed by atoms with Crippen LogP contribution in [-0.4, -0.2) is 42.3 Å². The van der Waals surface area contributed by atoms with Crippen molar-refractivity contribution in [2.45, 2.75) is 72.1 Å². The highest BCUT2D eigenvalue weighted by molar-refractivity contribution is 4.98. The highest BCUT2D eigenvalue weighted by Crippen LogP contribution is 2.34. The first-order valence-electron chi connectivity index (χ1n) is 7.91. The molecule has 1 heterocycles. The van der Waals surface area contributed by atoms with Crippen molar-refractivity contribution in [3.8, 4) is 0 Å². The van der Waals surface area contributed by atoms with Gasteiger partial charge in [0.1, 0.15) is 0 Å². The van der Waals surface area contributed by atoms with Crippen LogP contribution in [0.5, 0.6) is 0 Å². The molecule has 0 spiro atoms. The highest BCUT2D eigenvalue weighted by atomic mass is 16.5. The van der Waals surface area contributed by atoms with Gasteiger partial charge in [0.05, 0.1) is 6.10 Å². The third-order valence-electron chi connectivity index (χ3n) is 4.40. The minimum absolute atomic E-state index is 0.131. The molecule has 1 aliphatic rings. The molecule has 19 heavy (non-hydrogen) atoms. The van der Waals surface area contributed by atoms with Gasteiger partial charge in [-0.25, -0.2) is 0 Å². The first-order valence-corrected chi connectivity index (χ1v) is 7.91. The van der Waals surface area contributed by atoms with Crippen molar-refractivity contribution < 1.29 is 4.74 Å². The number of nitrogens with zero attached hydrogens (tertiary/aromatic N) is 1. The van der Waals surface area contributed by atoms with Crippen LogP contribution in [0.1, 0.15) is 54.4 Å². The van der Waals surface area contributed by atoms with Gasteiger partial charge in [0.25, 0.3) is 0 Å². The van der Waals surface area contributed by atoms with Crippen molar-refractivity contribution in [2.75, 3.05) is 19.7 Å². The van der Waals surface area contributed by atoms with Crippen molar-refractivity contribution in [3.05, 3.63) is 0 Å². The Kier molecular flexibility index (Phi) is 6.28. The fourth-order valence-electron chi connectivity index (χ4n) is 3.27. The van der Waals surface area contributed by atoms with E-state index in [1.54, 1.807) is 0 Å². The third kappa shape index (κ3) is 4.17. The molecule has 3 heteroatoms. The largest absolute Gasteiger partial charge is 0.378 e. The first-order chi connectivity index (χ1) is 8.82. The van der Waals surface area contributed by atoms with E-state index in [-0.39, 0.29) is 5.54 Å². The molecule has 0 aromatic rings. The summed E-state index contributed by atoms with van der Waals surface area (Å²) in [6.07, 6.45) is 2.50. The van der Waals surface area contributed by atoms with Gasteiger partial charge in [0.2, 0.25) is 0 Å². The second-order valence-corrected chi connectivity index (χ2v) is 7.18. The molecule has 3 nitrogen and oxygen atoms in total. The van der Waals surface area contributed by atoms with Crippen LogP contribution in [0, 0.1) is 11.8 Å². The maximum absolute atomic E-state index is 6.22. The van der Waals surface area contributed by atoms with Crippen molar-refractivity contribution in [3.63, 3.8) is 0 Å². The monoisotopic (exact) mass is 270 g/mol. The number of hydrogen-bond donors (Lipinski definition) is 1. The lowest BCUT2D eigenvalue weighted by Gasteiger charge is -2.51. The van der Waals surface area contributed by atoms with Crippen LogP contribution < -0.4 is 5.73 Å². The van der Waals surface area contributed by atoms with E-state index in [0.29, 0.717) is 24.0 Å². The Morgan fingerprint density at radius 1 is 1.21 bits per heavy atom. The molecule has 0 saturated carbocycles. The molecule has 114 valence electrons. The molecule has 1 rings (SSSR count). The Hall–Kier alpha value is -0.120. The van der Waals surface area contributed by atoms with Gasteiger partial charge in [-0.3, -0.25) is 4.90 Å². The minimum atomic E-state index is 0.131. The third-order valence-corrected chi connectivity index (χ3v) is 4.40. The molecule has 1 fully saturated rings. The molecule has 1 aliphatic heterocycles. The first kappa shape index (κ1) is 16.9. The molecule has 2 atom stereocenters. The summed E-state index contributed by atoms with van der Waals surface area (Å²) in [7, 11) is 0. The van der Waals surface area contributed by atoms with E-state index in [2.05, 4.69) is 46.4 Å². The summed E-state index contributed by atoms with van der Waals surface area (Å²) in [6, 6.07) is 0.539. The summed E-state index contributed by atoms with van der Waals surface area (Å²) < 4.78 is 5.95. The molecule has 0 radical (unpaired) electrons. The maximum Gasteiger partial charge on any atom is 0.0616 e. The average Bonchev–Trinajstić information content (AvgIpc) is 2.35. The van der Waals surface area contributed by atoms with E-state index in [4.69, 9.17) is 10.5 Å². The van der Waals surface area contributed by atoms with Crippen molar-refractivity contribution in [2.24, 2.45) is 17.6 Å². The number of rotatable bonds is 6. The summed E-state index contributed by atoms with van der Waals surface area (Å²) in [5.74, 6) is 1.24. The van der Waals surface area contributed by atoms with Gasteiger partial charge in [0.15, 0.2) is 0 Å². The topological polar surface area (TPSA) is 38.5 Å². The lowest BCUT2D eigenvalue weighted by molar-refractivity contribution is -0.0977. The Morgan fingerprint density at radius 3 is 2.26 bits per heavy atom. The van der Waals surface area contributed by atoms with E-state index in [1.165, 1.54) is 0 Å². The molecular weight excluding hydrogens is 236 g/mol. The standard InChI is InChI=1S/C16H34N2O/c1-12(2)10-18(14(5)6)16(11-17)7-8-19-15(9-16)13(3)4/h12-15H,7-11,17H2,1-6H3. The molecule has 0 aliphatic carbocycles. The van der Waals surface area contributed by atoms with Crippen LogP contribution in [0.15, 0.2) is 0 Å². The zero-order chi connectivity index (χ0) is 14.6. The van der Waals surface area contributed by atoms with Gasteiger partial charge in [-0.15, -0.1) is 0 Å². The Balaban J connectivity index is 2.92. The SMILES string of the molecule is CC(C)CN(C(C)C)C1(CN)CCOC(C(C)C)C1. The summed E-state index contributed by atoms with van der Waals surface area (Å²) >= 11 is 0. The number of hydrogen-bond acceptors (Lipinski definition) is 3. The van der Waals surface area contributed by atoms with E-state index in [1.807, 2.05) is 0 Å². The van der Waals surface area contributed by atoms with E-state index in [0.717, 1.165) is 32.5 Å². The molecule has 2 unspecified atom stereocenters. The van der Waals surface area contributed by atoms with E-state index < -0.39 is 0 Å². The zero-order valence-electron chi connectivity index (χ0n) is 13.8. The van der Waals surface area contributed by atoms with Crippen molar-refractivity contribution in [1.82, 2.24) is 4.90 Å². The predicted molar refractivity (Wildman–Crippen MR) is 82.3 cm³/mol. The Labute approximate surface area is 119 Å². The second-order valence-electron chi connectivity index (χ2n) is 7.18. The molecule has 0 bridgehead atoms. The summed E-state index contributed by atoms with van der Waals surface area (Å²) in [5, 5.41) is 0. The molecule has 0 amide bonds. The number of ether oxygens (including phenoxy) is 1. The van der Waals surface area contributed by atoms with Crippen molar-refractivity contribution in [1.29, 1.82) is 0 Å². The van der Waals surface area contributed by atoms with Crippen LogP contribution in [-0.2, 0) is 4.74 Å². The average molecular weight is 270 g/mol. The van der Waals surface area contributed by atoms with Gasteiger partial charge >= 0.3 is 0 Å². The fraction of sp³-hybridized carbons (Fsp3) is 1.00. The zero-order valence-corrected chi connectivity index (χ0v) is 13.8. The molecule has 0 aromatic carbocycles. The van der Waals surface area contributed by atoms with E-state index >= 15 is 0 Å². The molecule has 1 saturated heterocycles. The Bertz CT molecular complexity index is 265. The van der Waals surface area contributed by atoms with Crippen molar-refractivity contribution >= 4 is 0 Å². The van der Waals surface area contributed by atoms with Gasteiger partial charge in [-0.2, -0.15) is 0 Å². The van der Waals surface area contributed by atoms with Crippen LogP contribution >= 0.6 is 0 Å². The second kappa shape index (κ2) is 7.05. The van der Waals surface area contributed by atoms with Crippen LogP contribution in [0.2, 0.25) is 0 Å². The van der Waals surface area contributed by atoms with Gasteiger partial charge in [0, 0.05) is 31.3 Å². The summed E-state index contributed by atoms with van der Waals surface area (Å²) in [6.45, 7) is 16.4. The lowest BCUT2D eigenvalue weighted by atomic mass is 9.80. The molecule has 0 aromatic heterocycles. The minimum Gasteiger partial charge on any atom is -0.378 e. The number of nitrogens with two attached hydrogens (primary N) is 1. The van der Waals surface area contributed by atoms with Crippen LogP contribution in [0.3, 0.4) is 0 Å². The van der Waals surface area contributed by atoms with Gasteiger partial charge < -0.3 is 10.5 Å². The fourth-order valence-corrected chi connectivity index (χ4v) is 3.27. The smallest absolute Gasteiger partial charge is 0.0616 e. The maximum atomic E-state index is 6.22. The van der Waals surface area contributed by atoms with Crippen LogP contribution in [0.4, 0.5) is 0 Å². The van der Waals surface area contributed by atoms with Crippen LogP contribution in [0.25, 0.3) is 0 Å². The highest BCUT2D eigenvalue weighted by Gasteiger charge is 2.42. The molecule has 2 N–H and O–H groups in total. The normalized spacial score (nSPS) is 28.9. The predicted octanol–water partition coefficient (Wildman–Crippen LogP) is 2.89. The Morgan fingerprint density at radius 2 is 1.84 bits per heavy atom. The van der Waals surface area contributed by atoms with Gasteiger partial charge in [-0.05, 0) is 38.5 Å².